The molecule has 2 heterocycles. The SMILES string of the molecule is Fc1ccc(C2=C3C(=Nc4ccccc43)SC2=NC2CCCCC2)cc1. The van der Waals surface area contributed by atoms with Crippen molar-refractivity contribution in [3.05, 3.63) is 65.5 Å². The summed E-state index contributed by atoms with van der Waals surface area (Å²) in [6.07, 6.45) is 6.18. The summed E-state index contributed by atoms with van der Waals surface area (Å²) in [6.45, 7) is 0. The molecule has 1 saturated carbocycles. The summed E-state index contributed by atoms with van der Waals surface area (Å²) in [5, 5.41) is 2.08. The lowest BCUT2D eigenvalue weighted by molar-refractivity contribution is 0.444. The van der Waals surface area contributed by atoms with E-state index < -0.39 is 0 Å². The highest BCUT2D eigenvalue weighted by Gasteiger charge is 2.35. The Bertz CT molecular complexity index is 950. The van der Waals surface area contributed by atoms with Crippen LogP contribution in [0.25, 0.3) is 11.1 Å². The third-order valence-electron chi connectivity index (χ3n) is 5.27. The van der Waals surface area contributed by atoms with Gasteiger partial charge in [0, 0.05) is 16.7 Å². The number of para-hydroxylation sites is 1. The fraction of sp³-hybridized carbons (Fsp3) is 0.273. The van der Waals surface area contributed by atoms with Crippen LogP contribution < -0.4 is 0 Å². The molecule has 0 atom stereocenters. The van der Waals surface area contributed by atoms with Crippen LogP contribution >= 0.6 is 11.8 Å². The Morgan fingerprint density at radius 1 is 0.923 bits per heavy atom. The van der Waals surface area contributed by atoms with Gasteiger partial charge >= 0.3 is 0 Å². The zero-order valence-electron chi connectivity index (χ0n) is 14.4. The molecule has 2 aromatic rings. The van der Waals surface area contributed by atoms with E-state index in [1.807, 2.05) is 24.3 Å². The topological polar surface area (TPSA) is 24.7 Å². The first kappa shape index (κ1) is 16.0. The minimum Gasteiger partial charge on any atom is -0.274 e. The first-order valence-corrected chi connectivity index (χ1v) is 10.1. The summed E-state index contributed by atoms with van der Waals surface area (Å²) >= 11 is 1.67. The van der Waals surface area contributed by atoms with E-state index in [0.29, 0.717) is 6.04 Å². The maximum Gasteiger partial charge on any atom is 0.123 e. The van der Waals surface area contributed by atoms with Crippen molar-refractivity contribution >= 4 is 38.7 Å². The number of thioether (sulfide) groups is 1. The first-order valence-electron chi connectivity index (χ1n) is 9.24. The van der Waals surface area contributed by atoms with E-state index in [9.17, 15) is 4.39 Å². The molecular formula is C22H19FN2S. The number of hydrogen-bond donors (Lipinski definition) is 0. The van der Waals surface area contributed by atoms with Gasteiger partial charge in [0.25, 0.3) is 0 Å². The molecule has 5 rings (SSSR count). The van der Waals surface area contributed by atoms with E-state index in [2.05, 4.69) is 12.1 Å². The number of aliphatic imine (C=N–C) groups is 2. The van der Waals surface area contributed by atoms with Gasteiger partial charge in [-0.15, -0.1) is 0 Å². The lowest BCUT2D eigenvalue weighted by Crippen LogP contribution is -2.12. The molecule has 130 valence electrons. The molecule has 26 heavy (non-hydrogen) atoms. The van der Waals surface area contributed by atoms with E-state index in [4.69, 9.17) is 9.98 Å². The van der Waals surface area contributed by atoms with Gasteiger partial charge in [-0.1, -0.05) is 49.6 Å². The Morgan fingerprint density at radius 2 is 1.69 bits per heavy atom. The zero-order chi connectivity index (χ0) is 17.5. The average molecular weight is 362 g/mol. The van der Waals surface area contributed by atoms with Gasteiger partial charge in [0.15, 0.2) is 0 Å². The van der Waals surface area contributed by atoms with Gasteiger partial charge in [-0.3, -0.25) is 4.99 Å². The van der Waals surface area contributed by atoms with Crippen molar-refractivity contribution < 1.29 is 4.39 Å². The van der Waals surface area contributed by atoms with Gasteiger partial charge in [-0.25, -0.2) is 9.38 Å². The lowest BCUT2D eigenvalue weighted by atomic mass is 9.94. The highest BCUT2D eigenvalue weighted by atomic mass is 32.2. The molecule has 0 aromatic heterocycles. The van der Waals surface area contributed by atoms with Crippen LogP contribution in [0.2, 0.25) is 0 Å². The fourth-order valence-corrected chi connectivity index (χ4v) is 5.14. The molecule has 2 aromatic carbocycles. The Kier molecular flexibility index (Phi) is 4.01. The summed E-state index contributed by atoms with van der Waals surface area (Å²) in [6, 6.07) is 15.4. The minimum atomic E-state index is -0.212. The number of nitrogens with zero attached hydrogens (tertiary/aromatic N) is 2. The Labute approximate surface area is 157 Å². The van der Waals surface area contributed by atoms with Crippen LogP contribution in [0.3, 0.4) is 0 Å². The quantitative estimate of drug-likeness (QED) is 0.619. The predicted octanol–water partition coefficient (Wildman–Crippen LogP) is 6.26. The van der Waals surface area contributed by atoms with Crippen molar-refractivity contribution in [2.45, 2.75) is 38.1 Å². The molecule has 0 bridgehead atoms. The van der Waals surface area contributed by atoms with Gasteiger partial charge in [0.2, 0.25) is 0 Å². The molecule has 3 aliphatic rings. The number of hydrogen-bond acceptors (Lipinski definition) is 3. The van der Waals surface area contributed by atoms with Gasteiger partial charge in [0.05, 0.1) is 11.7 Å². The van der Waals surface area contributed by atoms with Crippen LogP contribution in [0.15, 0.2) is 58.5 Å². The third kappa shape index (κ3) is 2.73. The second-order valence-corrected chi connectivity index (χ2v) is 8.00. The van der Waals surface area contributed by atoms with Crippen molar-refractivity contribution in [3.8, 4) is 0 Å². The number of rotatable bonds is 2. The molecule has 0 N–H and O–H groups in total. The minimum absolute atomic E-state index is 0.212. The smallest absolute Gasteiger partial charge is 0.123 e. The third-order valence-corrected chi connectivity index (χ3v) is 6.27. The van der Waals surface area contributed by atoms with Crippen LogP contribution in [-0.4, -0.2) is 16.1 Å². The molecule has 4 heteroatoms. The van der Waals surface area contributed by atoms with E-state index >= 15 is 0 Å². The summed E-state index contributed by atoms with van der Waals surface area (Å²) < 4.78 is 13.5. The molecule has 0 amide bonds. The highest BCUT2D eigenvalue weighted by molar-refractivity contribution is 8.29. The van der Waals surface area contributed by atoms with Crippen LogP contribution in [-0.2, 0) is 0 Å². The number of halogens is 1. The standard InChI is InChI=1S/C22H19FN2S/c23-15-12-10-14(11-13-15)19-20-17-8-4-5-9-18(17)25-22(20)26-21(19)24-16-6-2-1-3-7-16/h4-5,8-13,16H,1-3,6-7H2. The van der Waals surface area contributed by atoms with Crippen LogP contribution in [0.5, 0.6) is 0 Å². The van der Waals surface area contributed by atoms with Crippen molar-refractivity contribution in [1.29, 1.82) is 0 Å². The van der Waals surface area contributed by atoms with Crippen molar-refractivity contribution in [2.75, 3.05) is 0 Å². The van der Waals surface area contributed by atoms with E-state index in [1.54, 1.807) is 11.8 Å². The van der Waals surface area contributed by atoms with E-state index in [1.165, 1.54) is 44.2 Å². The number of fused-ring (bicyclic) bond motifs is 3. The van der Waals surface area contributed by atoms with Crippen LogP contribution in [0.1, 0.15) is 43.2 Å². The normalized spacial score (nSPS) is 21.1. The first-order chi connectivity index (χ1) is 12.8. The van der Waals surface area contributed by atoms with Gasteiger partial charge in [-0.05, 0) is 48.4 Å². The van der Waals surface area contributed by atoms with Crippen LogP contribution in [0, 0.1) is 5.82 Å². The van der Waals surface area contributed by atoms with E-state index in [-0.39, 0.29) is 5.82 Å². The van der Waals surface area contributed by atoms with Crippen molar-refractivity contribution in [2.24, 2.45) is 9.98 Å². The molecule has 1 aliphatic carbocycles. The number of benzene rings is 2. The van der Waals surface area contributed by atoms with Gasteiger partial charge in [-0.2, -0.15) is 0 Å². The Hall–Kier alpha value is -2.20. The second kappa shape index (κ2) is 6.51. The van der Waals surface area contributed by atoms with Crippen molar-refractivity contribution in [3.63, 3.8) is 0 Å². The molecular weight excluding hydrogens is 343 g/mol. The van der Waals surface area contributed by atoms with Gasteiger partial charge in [0.1, 0.15) is 15.9 Å². The summed E-state index contributed by atoms with van der Waals surface area (Å²) in [7, 11) is 0. The molecule has 0 unspecified atom stereocenters. The largest absolute Gasteiger partial charge is 0.274 e. The Morgan fingerprint density at radius 3 is 2.50 bits per heavy atom. The summed E-state index contributed by atoms with van der Waals surface area (Å²) in [5.74, 6) is -0.212. The predicted molar refractivity (Wildman–Crippen MR) is 109 cm³/mol. The van der Waals surface area contributed by atoms with Crippen molar-refractivity contribution in [1.82, 2.24) is 0 Å². The molecule has 1 fully saturated rings. The zero-order valence-corrected chi connectivity index (χ0v) is 15.2. The molecule has 0 radical (unpaired) electrons. The Balaban J connectivity index is 1.66. The highest BCUT2D eigenvalue weighted by Crippen LogP contribution is 2.49. The summed E-state index contributed by atoms with van der Waals surface area (Å²) in [4.78, 5) is 9.93. The molecule has 0 saturated heterocycles. The summed E-state index contributed by atoms with van der Waals surface area (Å²) in [5.41, 5.74) is 5.46. The maximum atomic E-state index is 13.5. The monoisotopic (exact) mass is 362 g/mol. The van der Waals surface area contributed by atoms with Gasteiger partial charge < -0.3 is 0 Å². The fourth-order valence-electron chi connectivity index (χ4n) is 3.98. The van der Waals surface area contributed by atoms with Crippen LogP contribution in [0.4, 0.5) is 10.1 Å². The molecule has 2 nitrogen and oxygen atoms in total. The molecule has 0 spiro atoms. The van der Waals surface area contributed by atoms with E-state index in [0.717, 1.165) is 38.0 Å². The lowest BCUT2D eigenvalue weighted by Gasteiger charge is -2.19. The molecule has 2 aliphatic heterocycles. The maximum absolute atomic E-state index is 13.5. The average Bonchev–Trinajstić information content (AvgIpc) is 3.19. The second-order valence-electron chi connectivity index (χ2n) is 7.02.